The van der Waals surface area contributed by atoms with Crippen LogP contribution in [0, 0.1) is 0 Å². The topological polar surface area (TPSA) is 88.2 Å². The fourth-order valence-corrected chi connectivity index (χ4v) is 6.14. The van der Waals surface area contributed by atoms with Gasteiger partial charge in [0.2, 0.25) is 10.0 Å². The predicted octanol–water partition coefficient (Wildman–Crippen LogP) is 3.72. The van der Waals surface area contributed by atoms with E-state index in [9.17, 15) is 13.2 Å². The van der Waals surface area contributed by atoms with Crippen LogP contribution in [0.15, 0.2) is 59.5 Å². The third-order valence-electron chi connectivity index (χ3n) is 6.58. The number of nitrogens with one attached hydrogen (secondary N) is 1. The molecule has 1 amide bonds. The minimum absolute atomic E-state index is 0.156. The Hall–Kier alpha value is -3.14. The van der Waals surface area contributed by atoms with E-state index in [1.54, 1.807) is 24.3 Å². The number of hydrogen-bond donors (Lipinski definition) is 1. The van der Waals surface area contributed by atoms with E-state index < -0.39 is 10.0 Å². The first-order valence-electron chi connectivity index (χ1n) is 11.8. The van der Waals surface area contributed by atoms with Gasteiger partial charge in [-0.05, 0) is 53.9 Å². The average Bonchev–Trinajstić information content (AvgIpc) is 3.43. The van der Waals surface area contributed by atoms with Crippen molar-refractivity contribution in [3.05, 3.63) is 60.2 Å². The SMILES string of the molecule is COc1cc2ccccc2cc1C(=O)Nc1cc(S(=O)(=O)N2CCOCC2)ccc1N1CCCC1. The highest BCUT2D eigenvalue weighted by molar-refractivity contribution is 7.89. The van der Waals surface area contributed by atoms with Gasteiger partial charge < -0.3 is 19.7 Å². The van der Waals surface area contributed by atoms with Crippen molar-refractivity contribution in [2.75, 3.05) is 56.7 Å². The molecular formula is C26H29N3O5S. The van der Waals surface area contributed by atoms with Gasteiger partial charge >= 0.3 is 0 Å². The number of hydrogen-bond acceptors (Lipinski definition) is 6. The number of rotatable bonds is 6. The molecule has 2 aliphatic rings. The second kappa shape index (κ2) is 9.85. The molecule has 2 saturated heterocycles. The van der Waals surface area contributed by atoms with E-state index in [1.165, 1.54) is 11.4 Å². The van der Waals surface area contributed by atoms with E-state index in [0.29, 0.717) is 43.3 Å². The van der Waals surface area contributed by atoms with Crippen molar-refractivity contribution in [2.24, 2.45) is 0 Å². The lowest BCUT2D eigenvalue weighted by molar-refractivity contribution is 0.0730. The Balaban J connectivity index is 1.53. The molecule has 9 heteroatoms. The molecule has 0 aromatic heterocycles. The summed E-state index contributed by atoms with van der Waals surface area (Å²) in [5.74, 6) is 0.106. The molecule has 1 N–H and O–H groups in total. The summed E-state index contributed by atoms with van der Waals surface area (Å²) in [5, 5.41) is 4.88. The lowest BCUT2D eigenvalue weighted by atomic mass is 10.1. The molecule has 0 aliphatic carbocycles. The number of sulfonamides is 1. The lowest BCUT2D eigenvalue weighted by Gasteiger charge is -2.27. The van der Waals surface area contributed by atoms with E-state index in [1.807, 2.05) is 30.3 Å². The molecule has 5 rings (SSSR count). The highest BCUT2D eigenvalue weighted by Gasteiger charge is 2.28. The van der Waals surface area contributed by atoms with Gasteiger partial charge in [0.15, 0.2) is 0 Å². The number of amides is 1. The van der Waals surface area contributed by atoms with Crippen LogP contribution in [-0.2, 0) is 14.8 Å². The largest absolute Gasteiger partial charge is 0.496 e. The normalized spacial score (nSPS) is 17.0. The Morgan fingerprint density at radius 1 is 0.943 bits per heavy atom. The molecule has 2 heterocycles. The molecule has 8 nitrogen and oxygen atoms in total. The van der Waals surface area contributed by atoms with E-state index in [4.69, 9.17) is 9.47 Å². The summed E-state index contributed by atoms with van der Waals surface area (Å²) in [5.41, 5.74) is 1.68. The first kappa shape index (κ1) is 23.6. The van der Waals surface area contributed by atoms with Gasteiger partial charge in [0.05, 0.1) is 42.2 Å². The minimum atomic E-state index is -3.71. The van der Waals surface area contributed by atoms with Crippen molar-refractivity contribution < 1.29 is 22.7 Å². The molecule has 0 radical (unpaired) electrons. The van der Waals surface area contributed by atoms with Crippen molar-refractivity contribution in [3.63, 3.8) is 0 Å². The highest BCUT2D eigenvalue weighted by Crippen LogP contribution is 2.34. The summed E-state index contributed by atoms with van der Waals surface area (Å²) in [6.07, 6.45) is 2.11. The average molecular weight is 496 g/mol. The van der Waals surface area contributed by atoms with Crippen LogP contribution in [0.1, 0.15) is 23.2 Å². The third kappa shape index (κ3) is 4.71. The molecule has 0 bridgehead atoms. The number of ether oxygens (including phenoxy) is 2. The number of methoxy groups -OCH3 is 1. The molecule has 0 saturated carbocycles. The number of anilines is 2. The zero-order valence-electron chi connectivity index (χ0n) is 19.7. The van der Waals surface area contributed by atoms with Gasteiger partial charge in [-0.25, -0.2) is 8.42 Å². The fourth-order valence-electron chi connectivity index (χ4n) is 4.70. The Bertz CT molecular complexity index is 1350. The van der Waals surface area contributed by atoms with Crippen LogP contribution in [0.3, 0.4) is 0 Å². The molecule has 0 unspecified atom stereocenters. The van der Waals surface area contributed by atoms with Crippen molar-refractivity contribution >= 4 is 38.1 Å². The Morgan fingerprint density at radius 3 is 2.31 bits per heavy atom. The molecule has 0 atom stereocenters. The van der Waals surface area contributed by atoms with E-state index in [-0.39, 0.29) is 10.8 Å². The first-order chi connectivity index (χ1) is 17.0. The third-order valence-corrected chi connectivity index (χ3v) is 8.48. The Kier molecular flexibility index (Phi) is 6.64. The zero-order chi connectivity index (χ0) is 24.4. The monoisotopic (exact) mass is 495 g/mol. The molecular weight excluding hydrogens is 466 g/mol. The van der Waals surface area contributed by atoms with Crippen molar-refractivity contribution in [2.45, 2.75) is 17.7 Å². The van der Waals surface area contributed by atoms with E-state index in [2.05, 4.69) is 10.2 Å². The standard InChI is InChI=1S/C26H29N3O5S/c1-33-25-17-20-7-3-2-6-19(20)16-22(25)26(30)27-23-18-21(8-9-24(23)28-10-4-5-11-28)35(31,32)29-12-14-34-15-13-29/h2-3,6-9,16-18H,4-5,10-15H2,1H3,(H,27,30). The summed E-state index contributed by atoms with van der Waals surface area (Å²) < 4.78 is 38.9. The highest BCUT2D eigenvalue weighted by atomic mass is 32.2. The van der Waals surface area contributed by atoms with Gasteiger partial charge in [-0.3, -0.25) is 4.79 Å². The number of morpholine rings is 1. The number of carbonyl (C=O) groups is 1. The van der Waals surface area contributed by atoms with Gasteiger partial charge in [0.25, 0.3) is 5.91 Å². The number of nitrogens with zero attached hydrogens (tertiary/aromatic N) is 2. The summed E-state index contributed by atoms with van der Waals surface area (Å²) in [4.78, 5) is 15.8. The molecule has 2 aliphatic heterocycles. The predicted molar refractivity (Wildman–Crippen MR) is 136 cm³/mol. The summed E-state index contributed by atoms with van der Waals surface area (Å²) in [6.45, 7) is 3.08. The van der Waals surface area contributed by atoms with Crippen LogP contribution in [0.25, 0.3) is 10.8 Å². The maximum absolute atomic E-state index is 13.5. The molecule has 184 valence electrons. The van der Waals surface area contributed by atoms with E-state index >= 15 is 0 Å². The summed E-state index contributed by atoms with van der Waals surface area (Å²) in [7, 11) is -2.17. The second-order valence-corrected chi connectivity index (χ2v) is 10.7. The van der Waals surface area contributed by atoms with Crippen molar-refractivity contribution in [1.29, 1.82) is 0 Å². The maximum atomic E-state index is 13.5. The fraction of sp³-hybridized carbons (Fsp3) is 0.346. The van der Waals surface area contributed by atoms with Crippen LogP contribution in [0.4, 0.5) is 11.4 Å². The number of fused-ring (bicyclic) bond motifs is 1. The molecule has 3 aromatic carbocycles. The number of benzene rings is 3. The smallest absolute Gasteiger partial charge is 0.259 e. The van der Waals surface area contributed by atoms with Crippen LogP contribution >= 0.6 is 0 Å². The minimum Gasteiger partial charge on any atom is -0.496 e. The first-order valence-corrected chi connectivity index (χ1v) is 13.3. The maximum Gasteiger partial charge on any atom is 0.259 e. The molecule has 0 spiro atoms. The van der Waals surface area contributed by atoms with Crippen molar-refractivity contribution in [3.8, 4) is 5.75 Å². The summed E-state index contributed by atoms with van der Waals surface area (Å²) >= 11 is 0. The number of carbonyl (C=O) groups excluding carboxylic acids is 1. The Labute approximate surface area is 205 Å². The quantitative estimate of drug-likeness (QED) is 0.561. The zero-order valence-corrected chi connectivity index (χ0v) is 20.5. The Morgan fingerprint density at radius 2 is 1.63 bits per heavy atom. The molecule has 2 fully saturated rings. The van der Waals surface area contributed by atoms with Gasteiger partial charge in [-0.1, -0.05) is 24.3 Å². The van der Waals surface area contributed by atoms with E-state index in [0.717, 1.165) is 42.4 Å². The summed E-state index contributed by atoms with van der Waals surface area (Å²) in [6, 6.07) is 16.4. The second-order valence-electron chi connectivity index (χ2n) is 8.74. The molecule has 3 aromatic rings. The van der Waals surface area contributed by atoms with Gasteiger partial charge in [-0.2, -0.15) is 4.31 Å². The van der Waals surface area contributed by atoms with Gasteiger partial charge in [0.1, 0.15) is 5.75 Å². The van der Waals surface area contributed by atoms with Crippen molar-refractivity contribution in [1.82, 2.24) is 4.31 Å². The molecule has 35 heavy (non-hydrogen) atoms. The van der Waals surface area contributed by atoms with Gasteiger partial charge in [-0.15, -0.1) is 0 Å². The van der Waals surface area contributed by atoms with Crippen LogP contribution in [0.2, 0.25) is 0 Å². The van der Waals surface area contributed by atoms with Crippen LogP contribution in [0.5, 0.6) is 5.75 Å². The van der Waals surface area contributed by atoms with Gasteiger partial charge in [0, 0.05) is 26.2 Å². The van der Waals surface area contributed by atoms with Crippen LogP contribution < -0.4 is 15.0 Å². The lowest BCUT2D eigenvalue weighted by Crippen LogP contribution is -2.40. The van der Waals surface area contributed by atoms with Crippen LogP contribution in [-0.4, -0.2) is 65.1 Å².